The van der Waals surface area contributed by atoms with E-state index in [0.29, 0.717) is 31.0 Å². The molecule has 0 bridgehead atoms. The number of carbonyl (C=O) groups excluding carboxylic acids is 1. The number of hydrogen-bond acceptors (Lipinski definition) is 7. The molecule has 1 fully saturated rings. The number of nitrogens with zero attached hydrogens (tertiary/aromatic N) is 4. The Bertz CT molecular complexity index is 1010. The first-order valence-electron chi connectivity index (χ1n) is 9.84. The molecule has 3 aromatic rings. The Morgan fingerprint density at radius 1 is 1.07 bits per heavy atom. The average molecular weight is 425 g/mol. The van der Waals surface area contributed by atoms with E-state index in [9.17, 15) is 4.79 Å². The molecular weight excluding hydrogens is 400 g/mol. The molecule has 1 amide bonds. The van der Waals surface area contributed by atoms with Gasteiger partial charge in [0.05, 0.1) is 30.2 Å². The van der Waals surface area contributed by atoms with E-state index < -0.39 is 0 Å². The first kappa shape index (κ1) is 20.2. The highest BCUT2D eigenvalue weighted by molar-refractivity contribution is 6.99. The number of anilines is 1. The van der Waals surface area contributed by atoms with Crippen molar-refractivity contribution in [3.8, 4) is 11.5 Å². The largest absolute Gasteiger partial charge is 0.495 e. The molecule has 1 aliphatic rings. The standard InChI is InChI=1S/C22H24N4O3S/c1-16-19(24-30-23-16)15-29-18-7-5-6-17(14-18)22(27)26-12-10-25(11-13-26)20-8-3-4-9-21(20)28-2/h3-9,14H,10-13,15H2,1-2H3. The number of aromatic nitrogens is 2. The van der Waals surface area contributed by atoms with E-state index in [4.69, 9.17) is 9.47 Å². The molecule has 0 aliphatic carbocycles. The van der Waals surface area contributed by atoms with Crippen LogP contribution in [-0.2, 0) is 6.61 Å². The quantitative estimate of drug-likeness (QED) is 0.604. The van der Waals surface area contributed by atoms with Gasteiger partial charge in [-0.25, -0.2) is 0 Å². The molecule has 4 rings (SSSR count). The van der Waals surface area contributed by atoms with Crippen molar-refractivity contribution in [2.45, 2.75) is 13.5 Å². The Labute approximate surface area is 180 Å². The Balaban J connectivity index is 1.38. The van der Waals surface area contributed by atoms with Crippen LogP contribution < -0.4 is 14.4 Å². The molecule has 1 aromatic heterocycles. The number of rotatable bonds is 6. The summed E-state index contributed by atoms with van der Waals surface area (Å²) < 4.78 is 19.7. The van der Waals surface area contributed by atoms with Crippen LogP contribution in [0.25, 0.3) is 0 Å². The highest BCUT2D eigenvalue weighted by Gasteiger charge is 2.24. The van der Waals surface area contributed by atoms with Crippen LogP contribution in [-0.4, -0.2) is 52.8 Å². The van der Waals surface area contributed by atoms with Gasteiger partial charge in [-0.2, -0.15) is 8.75 Å². The molecule has 2 heterocycles. The summed E-state index contributed by atoms with van der Waals surface area (Å²) >= 11 is 1.18. The molecule has 156 valence electrons. The lowest BCUT2D eigenvalue weighted by atomic mass is 10.1. The lowest BCUT2D eigenvalue weighted by molar-refractivity contribution is 0.0746. The number of carbonyl (C=O) groups is 1. The van der Waals surface area contributed by atoms with Crippen molar-refractivity contribution < 1.29 is 14.3 Å². The summed E-state index contributed by atoms with van der Waals surface area (Å²) in [5, 5.41) is 0. The van der Waals surface area contributed by atoms with Crippen LogP contribution in [0.3, 0.4) is 0 Å². The minimum Gasteiger partial charge on any atom is -0.495 e. The first-order chi connectivity index (χ1) is 14.7. The zero-order valence-corrected chi connectivity index (χ0v) is 17.9. The maximum Gasteiger partial charge on any atom is 0.254 e. The third kappa shape index (κ3) is 4.38. The molecule has 2 aromatic carbocycles. The number of methoxy groups -OCH3 is 1. The number of aryl methyl sites for hydroxylation is 1. The molecule has 0 unspecified atom stereocenters. The summed E-state index contributed by atoms with van der Waals surface area (Å²) in [6, 6.07) is 15.3. The van der Waals surface area contributed by atoms with Crippen molar-refractivity contribution in [3.05, 3.63) is 65.5 Å². The van der Waals surface area contributed by atoms with E-state index in [2.05, 4.69) is 19.7 Å². The number of ether oxygens (including phenoxy) is 2. The molecule has 0 saturated carbocycles. The predicted molar refractivity (Wildman–Crippen MR) is 117 cm³/mol. The van der Waals surface area contributed by atoms with Crippen molar-refractivity contribution in [1.29, 1.82) is 0 Å². The fourth-order valence-electron chi connectivity index (χ4n) is 3.48. The van der Waals surface area contributed by atoms with Gasteiger partial charge >= 0.3 is 0 Å². The maximum atomic E-state index is 13.0. The summed E-state index contributed by atoms with van der Waals surface area (Å²) in [5.41, 5.74) is 3.39. The number of hydrogen-bond donors (Lipinski definition) is 0. The number of piperazine rings is 1. The van der Waals surface area contributed by atoms with Crippen LogP contribution in [0.15, 0.2) is 48.5 Å². The minimum atomic E-state index is 0.0200. The van der Waals surface area contributed by atoms with Crippen molar-refractivity contribution >= 4 is 23.3 Å². The number of para-hydroxylation sites is 2. The fraction of sp³-hybridized carbons (Fsp3) is 0.318. The third-order valence-electron chi connectivity index (χ3n) is 5.20. The monoisotopic (exact) mass is 424 g/mol. The van der Waals surface area contributed by atoms with E-state index in [-0.39, 0.29) is 5.91 Å². The van der Waals surface area contributed by atoms with Gasteiger partial charge < -0.3 is 19.3 Å². The molecule has 7 nitrogen and oxygen atoms in total. The van der Waals surface area contributed by atoms with Crippen LogP contribution in [0.5, 0.6) is 11.5 Å². The van der Waals surface area contributed by atoms with E-state index >= 15 is 0 Å². The van der Waals surface area contributed by atoms with Crippen molar-refractivity contribution in [2.75, 3.05) is 38.2 Å². The Kier molecular flexibility index (Phi) is 6.13. The van der Waals surface area contributed by atoms with Gasteiger partial charge in [0.25, 0.3) is 5.91 Å². The predicted octanol–water partition coefficient (Wildman–Crippen LogP) is 3.40. The smallest absolute Gasteiger partial charge is 0.254 e. The van der Waals surface area contributed by atoms with Crippen LogP contribution in [0.1, 0.15) is 21.7 Å². The Morgan fingerprint density at radius 3 is 2.60 bits per heavy atom. The number of amides is 1. The average Bonchev–Trinajstić information content (AvgIpc) is 3.22. The highest BCUT2D eigenvalue weighted by Crippen LogP contribution is 2.28. The van der Waals surface area contributed by atoms with Gasteiger partial charge in [0.2, 0.25) is 0 Å². The summed E-state index contributed by atoms with van der Waals surface area (Å²) in [4.78, 5) is 17.2. The van der Waals surface area contributed by atoms with Gasteiger partial charge in [0.1, 0.15) is 23.8 Å². The normalized spacial score (nSPS) is 13.9. The van der Waals surface area contributed by atoms with Crippen LogP contribution in [0.2, 0.25) is 0 Å². The second-order valence-electron chi connectivity index (χ2n) is 7.06. The molecule has 30 heavy (non-hydrogen) atoms. The van der Waals surface area contributed by atoms with E-state index in [1.165, 1.54) is 11.7 Å². The van der Waals surface area contributed by atoms with Gasteiger partial charge in [0.15, 0.2) is 0 Å². The molecule has 1 aliphatic heterocycles. The molecular formula is C22H24N4O3S. The zero-order valence-electron chi connectivity index (χ0n) is 17.1. The summed E-state index contributed by atoms with van der Waals surface area (Å²) in [5.74, 6) is 1.53. The second-order valence-corrected chi connectivity index (χ2v) is 7.59. The van der Waals surface area contributed by atoms with Crippen molar-refractivity contribution in [3.63, 3.8) is 0 Å². The topological polar surface area (TPSA) is 67.8 Å². The fourth-order valence-corrected chi connectivity index (χ4v) is 4.03. The maximum absolute atomic E-state index is 13.0. The molecule has 0 atom stereocenters. The lowest BCUT2D eigenvalue weighted by Gasteiger charge is -2.36. The van der Waals surface area contributed by atoms with E-state index in [1.54, 1.807) is 13.2 Å². The Morgan fingerprint density at radius 2 is 1.87 bits per heavy atom. The van der Waals surface area contributed by atoms with Crippen LogP contribution in [0, 0.1) is 6.92 Å². The zero-order chi connectivity index (χ0) is 20.9. The van der Waals surface area contributed by atoms with Crippen molar-refractivity contribution in [2.24, 2.45) is 0 Å². The Hall–Kier alpha value is -3.13. The lowest BCUT2D eigenvalue weighted by Crippen LogP contribution is -2.48. The summed E-state index contributed by atoms with van der Waals surface area (Å²) in [7, 11) is 1.68. The number of benzene rings is 2. The van der Waals surface area contributed by atoms with E-state index in [1.807, 2.05) is 48.2 Å². The SMILES string of the molecule is COc1ccccc1N1CCN(C(=O)c2cccc(OCc3nsnc3C)c2)CC1. The van der Waals surface area contributed by atoms with Gasteiger partial charge in [-0.05, 0) is 37.3 Å². The molecule has 0 radical (unpaired) electrons. The first-order valence-corrected chi connectivity index (χ1v) is 10.6. The van der Waals surface area contributed by atoms with Crippen molar-refractivity contribution in [1.82, 2.24) is 13.6 Å². The van der Waals surface area contributed by atoms with Crippen LogP contribution in [0.4, 0.5) is 5.69 Å². The van der Waals surface area contributed by atoms with Gasteiger partial charge in [-0.3, -0.25) is 4.79 Å². The summed E-state index contributed by atoms with van der Waals surface area (Å²) in [6.45, 7) is 5.10. The van der Waals surface area contributed by atoms with Gasteiger partial charge in [0, 0.05) is 31.7 Å². The molecule has 0 N–H and O–H groups in total. The third-order valence-corrected chi connectivity index (χ3v) is 5.85. The van der Waals surface area contributed by atoms with E-state index in [0.717, 1.165) is 35.9 Å². The van der Waals surface area contributed by atoms with Crippen LogP contribution >= 0.6 is 11.7 Å². The summed E-state index contributed by atoms with van der Waals surface area (Å²) in [6.07, 6.45) is 0. The van der Waals surface area contributed by atoms with Gasteiger partial charge in [-0.1, -0.05) is 18.2 Å². The second kappa shape index (κ2) is 9.13. The highest BCUT2D eigenvalue weighted by atomic mass is 32.1. The van der Waals surface area contributed by atoms with Gasteiger partial charge in [-0.15, -0.1) is 0 Å². The minimum absolute atomic E-state index is 0.0200. The molecule has 1 saturated heterocycles. The molecule has 0 spiro atoms. The molecule has 8 heteroatoms.